The second-order valence-corrected chi connectivity index (χ2v) is 9.04. The molecule has 11 heteroatoms. The third kappa shape index (κ3) is 4.08. The monoisotopic (exact) mass is 444 g/mol. The fourth-order valence-electron chi connectivity index (χ4n) is 3.30. The molecule has 0 N–H and O–H groups in total. The molecule has 1 aromatic carbocycles. The van der Waals surface area contributed by atoms with E-state index in [2.05, 4.69) is 20.1 Å². The maximum atomic E-state index is 13.1. The van der Waals surface area contributed by atoms with Gasteiger partial charge in [0.1, 0.15) is 6.33 Å². The molecule has 4 rings (SSSR count). The van der Waals surface area contributed by atoms with Crippen LogP contribution in [0, 0.1) is 17.0 Å². The van der Waals surface area contributed by atoms with Crippen LogP contribution in [0.15, 0.2) is 34.6 Å². The number of rotatable bonds is 6. The molecule has 3 heterocycles. The van der Waals surface area contributed by atoms with Crippen LogP contribution >= 0.6 is 23.1 Å². The molecule has 0 saturated carbocycles. The Labute approximate surface area is 181 Å². The Morgan fingerprint density at radius 2 is 2.03 bits per heavy atom. The van der Waals surface area contributed by atoms with Crippen LogP contribution in [0.25, 0.3) is 0 Å². The standard InChI is InChI=1S/C19H20N6O3S2/c1-12-17(30-18(21-12)24-8-4-3-5-9-24)16(26)13-6-7-15(14(10-13)25(27)28)29-19-22-20-11-23(19)2/h6-7,10-11H,3-5,8-9H2,1-2H3. The van der Waals surface area contributed by atoms with Crippen molar-refractivity contribution in [3.63, 3.8) is 0 Å². The summed E-state index contributed by atoms with van der Waals surface area (Å²) in [5, 5.41) is 20.8. The van der Waals surface area contributed by atoms with Gasteiger partial charge in [0.15, 0.2) is 10.3 Å². The molecule has 9 nitrogen and oxygen atoms in total. The maximum absolute atomic E-state index is 13.1. The van der Waals surface area contributed by atoms with Gasteiger partial charge in [0.05, 0.1) is 20.4 Å². The first kappa shape index (κ1) is 20.5. The van der Waals surface area contributed by atoms with Gasteiger partial charge >= 0.3 is 0 Å². The molecule has 0 radical (unpaired) electrons. The highest BCUT2D eigenvalue weighted by atomic mass is 32.2. The Hall–Kier alpha value is -2.79. The summed E-state index contributed by atoms with van der Waals surface area (Å²) in [5.41, 5.74) is 0.805. The number of nitrogens with zero attached hydrogens (tertiary/aromatic N) is 6. The maximum Gasteiger partial charge on any atom is 0.284 e. The molecule has 3 aromatic rings. The smallest absolute Gasteiger partial charge is 0.284 e. The Morgan fingerprint density at radius 1 is 1.27 bits per heavy atom. The van der Waals surface area contributed by atoms with Gasteiger partial charge in [0.25, 0.3) is 5.69 Å². The van der Waals surface area contributed by atoms with Crippen LogP contribution in [0.5, 0.6) is 0 Å². The predicted octanol–water partition coefficient (Wildman–Crippen LogP) is 3.86. The topological polar surface area (TPSA) is 107 Å². The molecule has 0 atom stereocenters. The lowest BCUT2D eigenvalue weighted by Crippen LogP contribution is -2.29. The number of thiazole rings is 1. The summed E-state index contributed by atoms with van der Waals surface area (Å²) in [7, 11) is 1.76. The predicted molar refractivity (Wildman–Crippen MR) is 115 cm³/mol. The fraction of sp³-hybridized carbons (Fsp3) is 0.368. The van der Waals surface area contributed by atoms with Gasteiger partial charge in [-0.15, -0.1) is 10.2 Å². The van der Waals surface area contributed by atoms with Crippen molar-refractivity contribution in [1.82, 2.24) is 19.7 Å². The highest BCUT2D eigenvalue weighted by Gasteiger charge is 2.24. The number of hydrogen-bond acceptors (Lipinski definition) is 9. The van der Waals surface area contributed by atoms with E-state index in [0.29, 0.717) is 20.6 Å². The first-order valence-electron chi connectivity index (χ1n) is 9.51. The van der Waals surface area contributed by atoms with Gasteiger partial charge < -0.3 is 9.47 Å². The van der Waals surface area contributed by atoms with Crippen molar-refractivity contribution >= 4 is 39.7 Å². The van der Waals surface area contributed by atoms with Crippen LogP contribution < -0.4 is 4.90 Å². The highest BCUT2D eigenvalue weighted by molar-refractivity contribution is 7.99. The number of benzene rings is 1. The summed E-state index contributed by atoms with van der Waals surface area (Å²) < 4.78 is 1.68. The van der Waals surface area contributed by atoms with E-state index in [9.17, 15) is 14.9 Å². The number of carbonyl (C=O) groups is 1. The lowest BCUT2D eigenvalue weighted by atomic mass is 10.1. The van der Waals surface area contributed by atoms with Gasteiger partial charge in [0.2, 0.25) is 5.78 Å². The van der Waals surface area contributed by atoms with E-state index in [4.69, 9.17) is 0 Å². The molecule has 0 spiro atoms. The Kier molecular flexibility index (Phi) is 5.82. The number of piperidine rings is 1. The number of nitro groups is 1. The highest BCUT2D eigenvalue weighted by Crippen LogP contribution is 2.36. The minimum absolute atomic E-state index is 0.132. The van der Waals surface area contributed by atoms with Crippen LogP contribution in [0.4, 0.5) is 10.8 Å². The molecule has 30 heavy (non-hydrogen) atoms. The van der Waals surface area contributed by atoms with Crippen molar-refractivity contribution in [2.75, 3.05) is 18.0 Å². The average molecular weight is 445 g/mol. The van der Waals surface area contributed by atoms with Gasteiger partial charge in [-0.1, -0.05) is 11.3 Å². The van der Waals surface area contributed by atoms with Crippen molar-refractivity contribution in [3.8, 4) is 0 Å². The summed E-state index contributed by atoms with van der Waals surface area (Å²) >= 11 is 2.50. The van der Waals surface area contributed by atoms with E-state index >= 15 is 0 Å². The Bertz CT molecular complexity index is 1100. The number of aromatic nitrogens is 4. The van der Waals surface area contributed by atoms with E-state index in [1.165, 1.54) is 30.2 Å². The molecule has 1 saturated heterocycles. The number of anilines is 1. The van der Waals surface area contributed by atoms with Crippen molar-refractivity contribution < 1.29 is 9.72 Å². The molecule has 1 aliphatic heterocycles. The molecule has 2 aromatic heterocycles. The molecule has 0 aliphatic carbocycles. The number of hydrogen-bond donors (Lipinski definition) is 0. The summed E-state index contributed by atoms with van der Waals surface area (Å²) in [4.78, 5) is 32.0. The molecule has 1 fully saturated rings. The van der Waals surface area contributed by atoms with Gasteiger partial charge in [-0.2, -0.15) is 0 Å². The summed E-state index contributed by atoms with van der Waals surface area (Å²) in [5.74, 6) is -0.244. The minimum Gasteiger partial charge on any atom is -0.348 e. The summed E-state index contributed by atoms with van der Waals surface area (Å²) in [6.07, 6.45) is 4.99. The largest absolute Gasteiger partial charge is 0.348 e. The van der Waals surface area contributed by atoms with E-state index in [0.717, 1.165) is 42.8 Å². The van der Waals surface area contributed by atoms with Gasteiger partial charge in [-0.25, -0.2) is 4.98 Å². The molecule has 0 bridgehead atoms. The quantitative estimate of drug-likeness (QED) is 0.320. The summed E-state index contributed by atoms with van der Waals surface area (Å²) in [6, 6.07) is 4.54. The fourth-order valence-corrected chi connectivity index (χ4v) is 5.23. The van der Waals surface area contributed by atoms with Crippen molar-refractivity contribution in [3.05, 3.63) is 50.8 Å². The number of ketones is 1. The van der Waals surface area contributed by atoms with Crippen LogP contribution in [-0.4, -0.2) is 43.5 Å². The molecule has 0 amide bonds. The Morgan fingerprint density at radius 3 is 2.70 bits per heavy atom. The van der Waals surface area contributed by atoms with E-state index in [-0.39, 0.29) is 17.0 Å². The molecular formula is C19H20N6O3S2. The third-order valence-electron chi connectivity index (χ3n) is 4.91. The first-order valence-corrected chi connectivity index (χ1v) is 11.1. The Balaban J connectivity index is 1.63. The normalized spacial score (nSPS) is 14.1. The zero-order valence-electron chi connectivity index (χ0n) is 16.6. The van der Waals surface area contributed by atoms with Crippen molar-refractivity contribution in [2.45, 2.75) is 36.2 Å². The van der Waals surface area contributed by atoms with E-state index in [1.807, 2.05) is 6.92 Å². The molecule has 1 aliphatic rings. The third-order valence-corrected chi connectivity index (χ3v) is 7.24. The van der Waals surface area contributed by atoms with Gasteiger partial charge in [0, 0.05) is 31.8 Å². The van der Waals surface area contributed by atoms with Crippen LogP contribution in [0.1, 0.15) is 40.2 Å². The van der Waals surface area contributed by atoms with Crippen LogP contribution in [0.3, 0.4) is 0 Å². The van der Waals surface area contributed by atoms with Gasteiger partial charge in [-0.05, 0) is 50.1 Å². The second kappa shape index (κ2) is 8.52. The molecular weight excluding hydrogens is 424 g/mol. The number of carbonyl (C=O) groups excluding carboxylic acids is 1. The zero-order chi connectivity index (χ0) is 21.3. The minimum atomic E-state index is -0.478. The van der Waals surface area contributed by atoms with Gasteiger partial charge in [-0.3, -0.25) is 14.9 Å². The second-order valence-electron chi connectivity index (χ2n) is 7.05. The molecule has 156 valence electrons. The van der Waals surface area contributed by atoms with E-state index in [1.54, 1.807) is 23.7 Å². The lowest BCUT2D eigenvalue weighted by molar-refractivity contribution is -0.387. The number of aryl methyl sites for hydroxylation is 2. The lowest BCUT2D eigenvalue weighted by Gasteiger charge is -2.25. The molecule has 0 unspecified atom stereocenters. The zero-order valence-corrected chi connectivity index (χ0v) is 18.2. The number of nitro benzene ring substituents is 1. The average Bonchev–Trinajstić information content (AvgIpc) is 3.33. The van der Waals surface area contributed by atoms with E-state index < -0.39 is 4.92 Å². The van der Waals surface area contributed by atoms with Crippen LogP contribution in [-0.2, 0) is 7.05 Å². The first-order chi connectivity index (χ1) is 14.4. The SMILES string of the molecule is Cc1nc(N2CCCCC2)sc1C(=O)c1ccc(Sc2nncn2C)c([N+](=O)[O-])c1. The summed E-state index contributed by atoms with van der Waals surface area (Å²) in [6.45, 7) is 3.70. The van der Waals surface area contributed by atoms with Crippen LogP contribution in [0.2, 0.25) is 0 Å². The van der Waals surface area contributed by atoms with Crippen molar-refractivity contribution in [1.29, 1.82) is 0 Å². The van der Waals surface area contributed by atoms with Crippen molar-refractivity contribution in [2.24, 2.45) is 7.05 Å².